The van der Waals surface area contributed by atoms with Crippen LogP contribution in [0.15, 0.2) is 60.8 Å². The summed E-state index contributed by atoms with van der Waals surface area (Å²) in [7, 11) is 0. The SMILES string of the molecule is S=C(Nc1ccn(Cc2ccccc2Cl)n1)N1CCN(Cc2ccc(Cl)cc2)CC1. The van der Waals surface area contributed by atoms with Gasteiger partial charge in [0.1, 0.15) is 0 Å². The standard InChI is InChI=1S/C22H23Cl2N5S/c23-19-7-5-17(6-8-19)15-27-11-13-28(14-12-27)22(30)25-21-9-10-29(26-21)16-18-3-1-2-4-20(18)24/h1-10H,11-16H2,(H,25,26,30). The Balaban J connectivity index is 1.26. The first kappa shape index (κ1) is 21.1. The van der Waals surface area contributed by atoms with Crippen molar-refractivity contribution < 1.29 is 0 Å². The minimum absolute atomic E-state index is 0.623. The van der Waals surface area contributed by atoms with Crippen LogP contribution in [-0.2, 0) is 13.1 Å². The van der Waals surface area contributed by atoms with Crippen molar-refractivity contribution in [1.82, 2.24) is 19.6 Å². The molecule has 2 heterocycles. The molecule has 1 aliphatic rings. The molecule has 0 spiro atoms. The lowest BCUT2D eigenvalue weighted by molar-refractivity contribution is 0.177. The summed E-state index contributed by atoms with van der Waals surface area (Å²) in [5.41, 5.74) is 2.31. The molecule has 0 radical (unpaired) electrons. The molecule has 0 saturated carbocycles. The van der Waals surface area contributed by atoms with E-state index in [1.165, 1.54) is 5.56 Å². The largest absolute Gasteiger partial charge is 0.346 e. The van der Waals surface area contributed by atoms with Crippen molar-refractivity contribution >= 4 is 46.4 Å². The van der Waals surface area contributed by atoms with Gasteiger partial charge in [-0.3, -0.25) is 9.58 Å². The maximum Gasteiger partial charge on any atom is 0.174 e. The average molecular weight is 460 g/mol. The van der Waals surface area contributed by atoms with E-state index in [0.717, 1.165) is 54.2 Å². The average Bonchev–Trinajstić information content (AvgIpc) is 3.19. The Bertz CT molecular complexity index is 997. The van der Waals surface area contributed by atoms with Crippen molar-refractivity contribution in [1.29, 1.82) is 0 Å². The lowest BCUT2D eigenvalue weighted by Gasteiger charge is -2.36. The van der Waals surface area contributed by atoms with Crippen LogP contribution in [0.1, 0.15) is 11.1 Å². The third-order valence-electron chi connectivity index (χ3n) is 5.14. The number of hydrogen-bond acceptors (Lipinski definition) is 3. The maximum absolute atomic E-state index is 6.24. The highest BCUT2D eigenvalue weighted by Crippen LogP contribution is 2.17. The minimum Gasteiger partial charge on any atom is -0.346 e. The molecule has 30 heavy (non-hydrogen) atoms. The topological polar surface area (TPSA) is 36.3 Å². The zero-order valence-electron chi connectivity index (χ0n) is 16.5. The lowest BCUT2D eigenvalue weighted by atomic mass is 10.2. The Morgan fingerprint density at radius 2 is 1.67 bits per heavy atom. The molecule has 0 aliphatic carbocycles. The van der Waals surface area contributed by atoms with Crippen LogP contribution in [0.5, 0.6) is 0 Å². The fraction of sp³-hybridized carbons (Fsp3) is 0.273. The number of rotatable bonds is 5. The Morgan fingerprint density at radius 3 is 2.40 bits per heavy atom. The molecule has 0 atom stereocenters. The first-order chi connectivity index (χ1) is 14.6. The second kappa shape index (κ2) is 9.79. The summed E-state index contributed by atoms with van der Waals surface area (Å²) in [5, 5.41) is 10.1. The van der Waals surface area contributed by atoms with E-state index in [9.17, 15) is 0 Å². The highest BCUT2D eigenvalue weighted by Gasteiger charge is 2.19. The number of hydrogen-bond donors (Lipinski definition) is 1. The number of nitrogens with one attached hydrogen (secondary N) is 1. The van der Waals surface area contributed by atoms with Gasteiger partial charge in [-0.15, -0.1) is 0 Å². The van der Waals surface area contributed by atoms with E-state index in [-0.39, 0.29) is 0 Å². The molecule has 0 bridgehead atoms. The second-order valence-corrected chi connectivity index (χ2v) is 8.54. The number of piperazine rings is 1. The Kier molecular flexibility index (Phi) is 6.89. The normalized spacial score (nSPS) is 14.7. The number of aromatic nitrogens is 2. The Hall–Kier alpha value is -2.12. The van der Waals surface area contributed by atoms with Gasteiger partial charge in [0.05, 0.1) is 6.54 Å². The molecule has 2 aromatic carbocycles. The molecular weight excluding hydrogens is 437 g/mol. The van der Waals surface area contributed by atoms with Crippen LogP contribution in [0, 0.1) is 0 Å². The predicted molar refractivity (Wildman–Crippen MR) is 127 cm³/mol. The van der Waals surface area contributed by atoms with Gasteiger partial charge in [-0.2, -0.15) is 5.10 Å². The highest BCUT2D eigenvalue weighted by molar-refractivity contribution is 7.80. The van der Waals surface area contributed by atoms with E-state index < -0.39 is 0 Å². The molecule has 8 heteroatoms. The first-order valence-electron chi connectivity index (χ1n) is 9.86. The Morgan fingerprint density at radius 1 is 0.933 bits per heavy atom. The van der Waals surface area contributed by atoms with Crippen molar-refractivity contribution in [2.75, 3.05) is 31.5 Å². The van der Waals surface area contributed by atoms with Crippen molar-refractivity contribution in [3.63, 3.8) is 0 Å². The van der Waals surface area contributed by atoms with E-state index in [0.29, 0.717) is 11.7 Å². The first-order valence-corrected chi connectivity index (χ1v) is 11.0. The highest BCUT2D eigenvalue weighted by atomic mass is 35.5. The van der Waals surface area contributed by atoms with Gasteiger partial charge in [0.2, 0.25) is 0 Å². The third-order valence-corrected chi connectivity index (χ3v) is 6.13. The third kappa shape index (κ3) is 5.52. The zero-order valence-corrected chi connectivity index (χ0v) is 18.8. The molecule has 1 N–H and O–H groups in total. The van der Waals surface area contributed by atoms with Crippen LogP contribution in [0.2, 0.25) is 10.0 Å². The van der Waals surface area contributed by atoms with Crippen molar-refractivity contribution in [3.05, 3.63) is 82.0 Å². The van der Waals surface area contributed by atoms with Crippen LogP contribution in [0.3, 0.4) is 0 Å². The second-order valence-electron chi connectivity index (χ2n) is 7.31. The molecule has 1 saturated heterocycles. The number of benzene rings is 2. The number of thiocarbonyl (C=S) groups is 1. The Labute approximate surface area is 192 Å². The molecule has 5 nitrogen and oxygen atoms in total. The lowest BCUT2D eigenvalue weighted by Crippen LogP contribution is -2.49. The van der Waals surface area contributed by atoms with E-state index in [2.05, 4.69) is 32.3 Å². The van der Waals surface area contributed by atoms with Crippen LogP contribution >= 0.6 is 35.4 Å². The van der Waals surface area contributed by atoms with Crippen molar-refractivity contribution in [2.45, 2.75) is 13.1 Å². The summed E-state index contributed by atoms with van der Waals surface area (Å²) in [6.45, 7) is 5.26. The van der Waals surface area contributed by atoms with Crippen LogP contribution < -0.4 is 5.32 Å². The van der Waals surface area contributed by atoms with Gasteiger partial charge < -0.3 is 10.2 Å². The van der Waals surface area contributed by atoms with Gasteiger partial charge >= 0.3 is 0 Å². The number of halogens is 2. The summed E-state index contributed by atoms with van der Waals surface area (Å²) < 4.78 is 1.86. The minimum atomic E-state index is 0.623. The number of anilines is 1. The van der Waals surface area contributed by atoms with E-state index in [1.807, 2.05) is 53.3 Å². The number of nitrogens with zero attached hydrogens (tertiary/aromatic N) is 4. The zero-order chi connectivity index (χ0) is 20.9. The molecule has 1 aromatic heterocycles. The molecule has 156 valence electrons. The van der Waals surface area contributed by atoms with Gasteiger partial charge in [0.25, 0.3) is 0 Å². The summed E-state index contributed by atoms with van der Waals surface area (Å²) in [4.78, 5) is 4.63. The van der Waals surface area contributed by atoms with Gasteiger partial charge in [-0.25, -0.2) is 0 Å². The maximum atomic E-state index is 6.24. The van der Waals surface area contributed by atoms with Gasteiger partial charge in [-0.1, -0.05) is 53.5 Å². The monoisotopic (exact) mass is 459 g/mol. The van der Waals surface area contributed by atoms with Crippen LogP contribution in [0.4, 0.5) is 5.82 Å². The summed E-state index contributed by atoms with van der Waals surface area (Å²) in [5.74, 6) is 0.746. The van der Waals surface area contributed by atoms with Gasteiger partial charge in [0, 0.05) is 55.0 Å². The van der Waals surface area contributed by atoms with Crippen molar-refractivity contribution in [3.8, 4) is 0 Å². The predicted octanol–water partition coefficient (Wildman–Crippen LogP) is 4.75. The van der Waals surface area contributed by atoms with E-state index in [1.54, 1.807) is 0 Å². The van der Waals surface area contributed by atoms with Gasteiger partial charge in [-0.05, 0) is 41.5 Å². The molecule has 0 amide bonds. The molecule has 1 fully saturated rings. The molecule has 1 aliphatic heterocycles. The summed E-state index contributed by atoms with van der Waals surface area (Å²) in [6.07, 6.45) is 1.93. The fourth-order valence-electron chi connectivity index (χ4n) is 3.46. The van der Waals surface area contributed by atoms with Crippen LogP contribution in [-0.4, -0.2) is 50.9 Å². The molecule has 3 aromatic rings. The van der Waals surface area contributed by atoms with E-state index in [4.69, 9.17) is 35.4 Å². The smallest absolute Gasteiger partial charge is 0.174 e. The van der Waals surface area contributed by atoms with Crippen molar-refractivity contribution in [2.24, 2.45) is 0 Å². The fourth-order valence-corrected chi connectivity index (χ4v) is 4.07. The summed E-state index contributed by atoms with van der Waals surface area (Å²) >= 11 is 17.8. The molecular formula is C22H23Cl2N5S. The van der Waals surface area contributed by atoms with E-state index >= 15 is 0 Å². The summed E-state index contributed by atoms with van der Waals surface area (Å²) in [6, 6.07) is 17.8. The quantitative estimate of drug-likeness (QED) is 0.556. The molecule has 0 unspecified atom stereocenters. The van der Waals surface area contributed by atoms with Gasteiger partial charge in [0.15, 0.2) is 10.9 Å². The van der Waals surface area contributed by atoms with Crippen LogP contribution in [0.25, 0.3) is 0 Å². The molecule has 4 rings (SSSR count).